The van der Waals surface area contributed by atoms with Crippen LogP contribution in [0.5, 0.6) is 0 Å². The maximum atomic E-state index is 12.6. The number of ether oxygens (including phenoxy) is 1. The fraction of sp³-hybridized carbons (Fsp3) is 0.767. The molecule has 1 heterocycles. The van der Waals surface area contributed by atoms with E-state index >= 15 is 0 Å². The van der Waals surface area contributed by atoms with Crippen LogP contribution in [-0.2, 0) is 14.3 Å². The molecule has 9 atom stereocenters. The molecule has 0 spiro atoms. The van der Waals surface area contributed by atoms with Gasteiger partial charge < -0.3 is 15.8 Å². The highest BCUT2D eigenvalue weighted by Crippen LogP contribution is 2.68. The highest BCUT2D eigenvalue weighted by molar-refractivity contribution is 5.89. The molecule has 3 N–H and O–H groups in total. The summed E-state index contributed by atoms with van der Waals surface area (Å²) in [4.78, 5) is 27.7. The van der Waals surface area contributed by atoms with Crippen LogP contribution in [-0.4, -0.2) is 23.5 Å². The Bertz CT molecular complexity index is 969. The Hall–Kier alpha value is -2.11. The molecule has 5 rings (SSSR count). The van der Waals surface area contributed by atoms with Crippen LogP contribution in [0.2, 0.25) is 0 Å². The van der Waals surface area contributed by atoms with E-state index in [0.717, 1.165) is 37.0 Å². The Morgan fingerprint density at radius 2 is 1.92 bits per heavy atom. The summed E-state index contributed by atoms with van der Waals surface area (Å²) in [5, 5.41) is 2.92. The molecule has 0 aromatic carbocycles. The van der Waals surface area contributed by atoms with Crippen LogP contribution in [0.25, 0.3) is 0 Å². The van der Waals surface area contributed by atoms with Crippen LogP contribution in [0.3, 0.4) is 0 Å². The second-order valence-corrected chi connectivity index (χ2v) is 13.0. The quantitative estimate of drug-likeness (QED) is 0.438. The topological polar surface area (TPSA) is 94.3 Å². The van der Waals surface area contributed by atoms with Gasteiger partial charge in [-0.2, -0.15) is 0 Å². The van der Waals surface area contributed by atoms with Gasteiger partial charge in [-0.25, -0.2) is 4.98 Å². The first-order valence-electron chi connectivity index (χ1n) is 14.4. The first-order chi connectivity index (χ1) is 17.2. The zero-order valence-corrected chi connectivity index (χ0v) is 22.4. The zero-order chi connectivity index (χ0) is 25.5. The first kappa shape index (κ1) is 25.5. The number of pyridine rings is 1. The molecule has 6 nitrogen and oxygen atoms in total. The van der Waals surface area contributed by atoms with Crippen molar-refractivity contribution in [1.82, 2.24) is 4.98 Å². The van der Waals surface area contributed by atoms with E-state index in [1.54, 1.807) is 12.1 Å². The van der Waals surface area contributed by atoms with Gasteiger partial charge in [-0.1, -0.05) is 26.8 Å². The molecule has 0 radical (unpaired) electrons. The minimum atomic E-state index is 0.0313. The van der Waals surface area contributed by atoms with Crippen LogP contribution >= 0.6 is 0 Å². The van der Waals surface area contributed by atoms with Gasteiger partial charge in [0.15, 0.2) is 0 Å². The number of nitrogen functional groups attached to an aromatic ring is 1. The Kier molecular flexibility index (Phi) is 7.08. The summed E-state index contributed by atoms with van der Waals surface area (Å²) < 4.78 is 5.40. The van der Waals surface area contributed by atoms with Gasteiger partial charge in [0, 0.05) is 6.42 Å². The second kappa shape index (κ2) is 9.98. The van der Waals surface area contributed by atoms with E-state index in [1.807, 2.05) is 6.07 Å². The molecule has 1 aromatic rings. The lowest BCUT2D eigenvalue weighted by Crippen LogP contribution is -2.54. The van der Waals surface area contributed by atoms with E-state index < -0.39 is 0 Å². The van der Waals surface area contributed by atoms with E-state index in [9.17, 15) is 9.59 Å². The van der Waals surface area contributed by atoms with Crippen molar-refractivity contribution >= 4 is 24.0 Å². The van der Waals surface area contributed by atoms with Crippen molar-refractivity contribution in [2.45, 2.75) is 97.5 Å². The van der Waals surface area contributed by atoms with E-state index in [4.69, 9.17) is 10.5 Å². The highest BCUT2D eigenvalue weighted by Gasteiger charge is 2.60. The minimum absolute atomic E-state index is 0.0313. The molecule has 6 heteroatoms. The lowest BCUT2D eigenvalue weighted by molar-refractivity contribution is -0.151. The Labute approximate surface area is 216 Å². The minimum Gasteiger partial charge on any atom is -0.465 e. The molecule has 0 saturated heterocycles. The number of carbonyl (C=O) groups is 2. The molecule has 4 fully saturated rings. The maximum Gasteiger partial charge on any atom is 0.293 e. The number of hydrogen-bond acceptors (Lipinski definition) is 5. The number of aromatic nitrogens is 1. The molecule has 4 saturated carbocycles. The summed E-state index contributed by atoms with van der Waals surface area (Å²) >= 11 is 0. The number of rotatable bonds is 7. The molecule has 1 amide bonds. The summed E-state index contributed by atoms with van der Waals surface area (Å²) in [5.41, 5.74) is 6.55. The van der Waals surface area contributed by atoms with E-state index in [-0.39, 0.29) is 12.0 Å². The predicted molar refractivity (Wildman–Crippen MR) is 142 cm³/mol. The molecule has 0 bridgehead atoms. The number of amides is 1. The van der Waals surface area contributed by atoms with Crippen molar-refractivity contribution in [1.29, 1.82) is 0 Å². The normalized spacial score (nSPS) is 40.3. The van der Waals surface area contributed by atoms with Crippen molar-refractivity contribution in [3.8, 4) is 0 Å². The van der Waals surface area contributed by atoms with Crippen molar-refractivity contribution in [3.63, 3.8) is 0 Å². The lowest BCUT2D eigenvalue weighted by atomic mass is 9.44. The average molecular weight is 496 g/mol. The molecule has 1 aromatic heterocycles. The summed E-state index contributed by atoms with van der Waals surface area (Å²) in [6, 6.07) is 5.33. The third kappa shape index (κ3) is 4.54. The number of anilines is 2. The molecule has 4 aliphatic rings. The molecule has 4 aliphatic carbocycles. The summed E-state index contributed by atoms with van der Waals surface area (Å²) in [6.07, 6.45) is 12.8. The fourth-order valence-electron chi connectivity index (χ4n) is 9.68. The van der Waals surface area contributed by atoms with Gasteiger partial charge in [0.1, 0.15) is 17.7 Å². The molecular weight excluding hydrogens is 450 g/mol. The van der Waals surface area contributed by atoms with Crippen LogP contribution in [0.1, 0.15) is 91.4 Å². The van der Waals surface area contributed by atoms with Crippen molar-refractivity contribution in [3.05, 3.63) is 18.2 Å². The molecule has 198 valence electrons. The number of fused-ring (bicyclic) bond motifs is 5. The van der Waals surface area contributed by atoms with Gasteiger partial charge in [-0.15, -0.1) is 0 Å². The third-order valence-electron chi connectivity index (χ3n) is 11.5. The number of nitrogens with one attached hydrogen (secondary N) is 1. The SMILES string of the molecule is C[C@H](CCC(=O)Nc1cccc(N)n1)[C@H]1CC[C@H]2[C@@H]3CC[C@@H]4C[C@H](OC=O)CC[C@]4(C)[C@H]3CC[C@]12C. The molecule has 0 unspecified atom stereocenters. The van der Waals surface area contributed by atoms with Gasteiger partial charge in [0.2, 0.25) is 5.91 Å². The summed E-state index contributed by atoms with van der Waals surface area (Å²) in [6.45, 7) is 8.19. The molecule has 0 aliphatic heterocycles. The largest absolute Gasteiger partial charge is 0.465 e. The number of hydrogen-bond donors (Lipinski definition) is 2. The third-order valence-corrected chi connectivity index (χ3v) is 11.5. The monoisotopic (exact) mass is 495 g/mol. The zero-order valence-electron chi connectivity index (χ0n) is 22.4. The van der Waals surface area contributed by atoms with Gasteiger partial charge in [-0.3, -0.25) is 9.59 Å². The van der Waals surface area contributed by atoms with Gasteiger partial charge in [0.25, 0.3) is 6.47 Å². The Balaban J connectivity index is 1.20. The van der Waals surface area contributed by atoms with Crippen LogP contribution in [0.4, 0.5) is 11.6 Å². The lowest BCUT2D eigenvalue weighted by Gasteiger charge is -2.61. The average Bonchev–Trinajstić information content (AvgIpc) is 3.20. The molecular formula is C30H45N3O3. The predicted octanol–water partition coefficient (Wildman–Crippen LogP) is 6.22. The summed E-state index contributed by atoms with van der Waals surface area (Å²) in [5.74, 6) is 5.40. The van der Waals surface area contributed by atoms with E-state index in [0.29, 0.717) is 53.1 Å². The van der Waals surface area contributed by atoms with Gasteiger partial charge in [-0.05, 0) is 123 Å². The number of carbonyl (C=O) groups excluding carboxylic acids is 2. The summed E-state index contributed by atoms with van der Waals surface area (Å²) in [7, 11) is 0. The molecule has 36 heavy (non-hydrogen) atoms. The van der Waals surface area contributed by atoms with Gasteiger partial charge >= 0.3 is 0 Å². The Morgan fingerprint density at radius 3 is 2.69 bits per heavy atom. The van der Waals surface area contributed by atoms with Crippen LogP contribution in [0, 0.1) is 46.3 Å². The van der Waals surface area contributed by atoms with Crippen molar-refractivity contribution < 1.29 is 14.3 Å². The smallest absolute Gasteiger partial charge is 0.293 e. The maximum absolute atomic E-state index is 12.6. The first-order valence-corrected chi connectivity index (χ1v) is 14.4. The van der Waals surface area contributed by atoms with Crippen LogP contribution < -0.4 is 11.1 Å². The Morgan fingerprint density at radius 1 is 1.14 bits per heavy atom. The van der Waals surface area contributed by atoms with Crippen molar-refractivity contribution in [2.24, 2.45) is 46.3 Å². The fourth-order valence-corrected chi connectivity index (χ4v) is 9.68. The van der Waals surface area contributed by atoms with E-state index in [2.05, 4.69) is 31.1 Å². The van der Waals surface area contributed by atoms with E-state index in [1.165, 1.54) is 44.9 Å². The number of nitrogens with zero attached hydrogens (tertiary/aromatic N) is 1. The van der Waals surface area contributed by atoms with Crippen molar-refractivity contribution in [2.75, 3.05) is 11.1 Å². The second-order valence-electron chi connectivity index (χ2n) is 13.0. The van der Waals surface area contributed by atoms with Gasteiger partial charge in [0.05, 0.1) is 0 Å². The highest BCUT2D eigenvalue weighted by atomic mass is 16.5. The van der Waals surface area contributed by atoms with Crippen LogP contribution in [0.15, 0.2) is 18.2 Å². The standard InChI is InChI=1S/C30H45N3O3/c1-19(7-12-28(35)33-27-6-4-5-26(31)32-27)23-10-11-24-22-9-8-20-17-21(36-18-34)13-15-29(20,2)25(22)14-16-30(23,24)3/h4-6,18-25H,7-17H2,1-3H3,(H3,31,32,33,35)/t19-,20-,21-,22+,23-,24+,25+,29+,30-/m1/s1. The number of nitrogens with two attached hydrogens (primary N) is 1.